The zero-order chi connectivity index (χ0) is 11.1. The quantitative estimate of drug-likeness (QED) is 0.613. The number of rotatable bonds is 5. The number of nitrogens with one attached hydrogen (secondary N) is 1. The van der Waals surface area contributed by atoms with E-state index in [-0.39, 0.29) is 6.04 Å². The van der Waals surface area contributed by atoms with E-state index in [2.05, 4.69) is 12.2 Å². The predicted octanol–water partition coefficient (Wildman–Crippen LogP) is 3.79. The molecule has 1 nitrogen and oxygen atoms in total. The Kier molecular flexibility index (Phi) is 5.77. The molecule has 0 saturated carbocycles. The van der Waals surface area contributed by atoms with Crippen molar-refractivity contribution in [2.24, 2.45) is 0 Å². The van der Waals surface area contributed by atoms with Crippen molar-refractivity contribution in [3.05, 3.63) is 47.0 Å². The van der Waals surface area contributed by atoms with E-state index >= 15 is 0 Å². The first kappa shape index (κ1) is 12.6. The van der Waals surface area contributed by atoms with Crippen molar-refractivity contribution in [1.29, 1.82) is 0 Å². The Morgan fingerprint density at radius 3 is 2.73 bits per heavy atom. The molecule has 1 atom stereocenters. The summed E-state index contributed by atoms with van der Waals surface area (Å²) in [6.07, 6.45) is 3.94. The lowest BCUT2D eigenvalue weighted by Gasteiger charge is -2.14. The van der Waals surface area contributed by atoms with Crippen LogP contribution in [0.25, 0.3) is 0 Å². The summed E-state index contributed by atoms with van der Waals surface area (Å²) >= 11 is 11.6. The highest BCUT2D eigenvalue weighted by Gasteiger charge is 2.06. The van der Waals surface area contributed by atoms with Gasteiger partial charge < -0.3 is 5.32 Å². The van der Waals surface area contributed by atoms with E-state index in [1.165, 1.54) is 0 Å². The van der Waals surface area contributed by atoms with Crippen molar-refractivity contribution in [3.8, 4) is 0 Å². The van der Waals surface area contributed by atoms with Gasteiger partial charge in [-0.2, -0.15) is 0 Å². The average Bonchev–Trinajstić information content (AvgIpc) is 2.25. The molecule has 1 N–H and O–H groups in total. The van der Waals surface area contributed by atoms with Gasteiger partial charge in [-0.1, -0.05) is 42.0 Å². The van der Waals surface area contributed by atoms with E-state index in [1.807, 2.05) is 36.4 Å². The molecule has 0 aliphatic heterocycles. The molecule has 0 aliphatic rings. The van der Waals surface area contributed by atoms with Crippen LogP contribution in [0.5, 0.6) is 0 Å². The van der Waals surface area contributed by atoms with Crippen molar-refractivity contribution >= 4 is 23.2 Å². The molecule has 0 aromatic heterocycles. The van der Waals surface area contributed by atoms with Crippen LogP contribution in [0.1, 0.15) is 18.5 Å². The monoisotopic (exact) mass is 243 g/mol. The van der Waals surface area contributed by atoms with Crippen molar-refractivity contribution < 1.29 is 0 Å². The third-order valence-corrected chi connectivity index (χ3v) is 2.69. The number of halogens is 2. The van der Waals surface area contributed by atoms with Gasteiger partial charge in [0.25, 0.3) is 0 Å². The predicted molar refractivity (Wildman–Crippen MR) is 67.7 cm³/mol. The zero-order valence-corrected chi connectivity index (χ0v) is 10.2. The highest BCUT2D eigenvalue weighted by atomic mass is 35.5. The van der Waals surface area contributed by atoms with Gasteiger partial charge in [-0.05, 0) is 18.6 Å². The van der Waals surface area contributed by atoms with E-state index in [4.69, 9.17) is 23.2 Å². The summed E-state index contributed by atoms with van der Waals surface area (Å²) in [4.78, 5) is 0. The number of allylic oxidation sites excluding steroid dienone is 1. The molecule has 0 amide bonds. The van der Waals surface area contributed by atoms with Crippen molar-refractivity contribution in [1.82, 2.24) is 5.32 Å². The second kappa shape index (κ2) is 6.89. The Hall–Kier alpha value is -0.500. The first-order valence-electron chi connectivity index (χ1n) is 4.94. The molecule has 3 heteroatoms. The molecule has 1 aromatic carbocycles. The first-order valence-corrected chi connectivity index (χ1v) is 5.85. The number of alkyl halides is 1. The topological polar surface area (TPSA) is 12.0 Å². The summed E-state index contributed by atoms with van der Waals surface area (Å²) in [5.74, 6) is 0.558. The van der Waals surface area contributed by atoms with Gasteiger partial charge in [0.1, 0.15) is 0 Å². The largest absolute Gasteiger partial charge is 0.307 e. The fraction of sp³-hybridized carbons (Fsp3) is 0.333. The van der Waals surface area contributed by atoms with Crippen LogP contribution in [0, 0.1) is 0 Å². The van der Waals surface area contributed by atoms with E-state index in [0.29, 0.717) is 5.88 Å². The third-order valence-electron chi connectivity index (χ3n) is 2.17. The molecule has 0 radical (unpaired) electrons. The van der Waals surface area contributed by atoms with E-state index in [0.717, 1.165) is 17.1 Å². The maximum atomic E-state index is 6.08. The molecule has 0 spiro atoms. The normalized spacial score (nSPS) is 13.3. The van der Waals surface area contributed by atoms with Gasteiger partial charge in [0, 0.05) is 23.5 Å². The second-order valence-corrected chi connectivity index (χ2v) is 3.99. The summed E-state index contributed by atoms with van der Waals surface area (Å²) < 4.78 is 0. The van der Waals surface area contributed by atoms with Crippen molar-refractivity contribution in [3.63, 3.8) is 0 Å². The average molecular weight is 244 g/mol. The van der Waals surface area contributed by atoms with Crippen LogP contribution in [0.3, 0.4) is 0 Å². The van der Waals surface area contributed by atoms with Crippen LogP contribution in [-0.2, 0) is 0 Å². The minimum Gasteiger partial charge on any atom is -0.307 e. The van der Waals surface area contributed by atoms with Gasteiger partial charge in [0.05, 0.1) is 0 Å². The molecule has 0 aliphatic carbocycles. The van der Waals surface area contributed by atoms with Crippen LogP contribution in [0.2, 0.25) is 5.02 Å². The fourth-order valence-corrected chi connectivity index (χ4v) is 1.75. The SMILES string of the molecule is CC(NC/C=C/CCl)c1ccccc1Cl. The smallest absolute Gasteiger partial charge is 0.0453 e. The Morgan fingerprint density at radius 2 is 2.07 bits per heavy atom. The summed E-state index contributed by atoms with van der Waals surface area (Å²) in [6.45, 7) is 2.90. The van der Waals surface area contributed by atoms with Crippen LogP contribution < -0.4 is 5.32 Å². The zero-order valence-electron chi connectivity index (χ0n) is 8.71. The molecule has 0 fully saturated rings. The van der Waals surface area contributed by atoms with Gasteiger partial charge in [-0.3, -0.25) is 0 Å². The Morgan fingerprint density at radius 1 is 1.33 bits per heavy atom. The van der Waals surface area contributed by atoms with Gasteiger partial charge in [-0.15, -0.1) is 11.6 Å². The maximum absolute atomic E-state index is 6.08. The standard InChI is InChI=1S/C12H15Cl2N/c1-10(15-9-5-4-8-13)11-6-2-3-7-12(11)14/h2-7,10,15H,8-9H2,1H3/b5-4+. The van der Waals surface area contributed by atoms with E-state index in [9.17, 15) is 0 Å². The molecular formula is C12H15Cl2N. The van der Waals surface area contributed by atoms with E-state index < -0.39 is 0 Å². The summed E-state index contributed by atoms with van der Waals surface area (Å²) in [5.41, 5.74) is 1.12. The lowest BCUT2D eigenvalue weighted by atomic mass is 10.1. The van der Waals surface area contributed by atoms with Crippen LogP contribution in [0.4, 0.5) is 0 Å². The molecular weight excluding hydrogens is 229 g/mol. The highest BCUT2D eigenvalue weighted by Crippen LogP contribution is 2.21. The molecule has 1 rings (SSSR count). The second-order valence-electron chi connectivity index (χ2n) is 3.28. The van der Waals surface area contributed by atoms with Gasteiger partial charge >= 0.3 is 0 Å². The number of hydrogen-bond donors (Lipinski definition) is 1. The highest BCUT2D eigenvalue weighted by molar-refractivity contribution is 6.31. The molecule has 15 heavy (non-hydrogen) atoms. The van der Waals surface area contributed by atoms with Gasteiger partial charge in [0.15, 0.2) is 0 Å². The number of hydrogen-bond acceptors (Lipinski definition) is 1. The molecule has 0 heterocycles. The van der Waals surface area contributed by atoms with Crippen LogP contribution in [0.15, 0.2) is 36.4 Å². The molecule has 1 unspecified atom stereocenters. The summed E-state index contributed by atoms with van der Waals surface area (Å²) in [7, 11) is 0. The lowest BCUT2D eigenvalue weighted by Crippen LogP contribution is -2.18. The fourth-order valence-electron chi connectivity index (χ4n) is 1.33. The van der Waals surface area contributed by atoms with Gasteiger partial charge in [-0.25, -0.2) is 0 Å². The summed E-state index contributed by atoms with van der Waals surface area (Å²) in [6, 6.07) is 8.12. The van der Waals surface area contributed by atoms with Crippen LogP contribution >= 0.6 is 23.2 Å². The number of benzene rings is 1. The van der Waals surface area contributed by atoms with Crippen molar-refractivity contribution in [2.75, 3.05) is 12.4 Å². The molecule has 1 aromatic rings. The molecule has 0 bridgehead atoms. The Bertz CT molecular complexity index is 323. The minimum absolute atomic E-state index is 0.249. The van der Waals surface area contributed by atoms with Gasteiger partial charge in [0.2, 0.25) is 0 Å². The molecule has 0 saturated heterocycles. The lowest BCUT2D eigenvalue weighted by molar-refractivity contribution is 0.617. The summed E-state index contributed by atoms with van der Waals surface area (Å²) in [5, 5.41) is 4.15. The third kappa shape index (κ3) is 4.25. The van der Waals surface area contributed by atoms with Crippen LogP contribution in [-0.4, -0.2) is 12.4 Å². The maximum Gasteiger partial charge on any atom is 0.0453 e. The Labute approximate surface area is 101 Å². The Balaban J connectivity index is 2.50. The van der Waals surface area contributed by atoms with E-state index in [1.54, 1.807) is 0 Å². The minimum atomic E-state index is 0.249. The first-order chi connectivity index (χ1) is 7.25. The molecule has 82 valence electrons. The van der Waals surface area contributed by atoms with Crippen molar-refractivity contribution in [2.45, 2.75) is 13.0 Å².